The predicted octanol–water partition coefficient (Wildman–Crippen LogP) is 9.51. The number of hydrogen-bond acceptors (Lipinski definition) is 4. The maximum absolute atomic E-state index is 4.63. The van der Waals surface area contributed by atoms with Gasteiger partial charge in [0.2, 0.25) is 0 Å². The van der Waals surface area contributed by atoms with Crippen LogP contribution in [0.25, 0.3) is 0 Å². The Hall–Kier alpha value is -4.67. The van der Waals surface area contributed by atoms with Crippen molar-refractivity contribution in [3.63, 3.8) is 0 Å². The van der Waals surface area contributed by atoms with Crippen molar-refractivity contribution in [1.82, 2.24) is 9.97 Å². The molecule has 0 aliphatic heterocycles. The maximum atomic E-state index is 4.63. The van der Waals surface area contributed by atoms with Crippen molar-refractivity contribution >= 4 is 40.4 Å². The third-order valence-electron chi connectivity index (χ3n) is 11.1. The number of pyridine rings is 2. The van der Waals surface area contributed by atoms with Crippen LogP contribution in [0.5, 0.6) is 0 Å². The molecule has 0 radical (unpaired) electrons. The zero-order valence-corrected chi connectivity index (χ0v) is 34.1. The molecule has 2 aliphatic rings. The molecule has 0 saturated heterocycles. The number of aromatic nitrogens is 2. The summed E-state index contributed by atoms with van der Waals surface area (Å²) in [6.07, 6.45) is 22.2. The number of benzene rings is 4. The third kappa shape index (κ3) is 12.7. The Morgan fingerprint density at radius 2 is 0.661 bits per heavy atom. The van der Waals surface area contributed by atoms with Crippen LogP contribution in [-0.2, 0) is 22.4 Å². The first-order valence-corrected chi connectivity index (χ1v) is 20.6. The fraction of sp³-hybridized carbons (Fsp3) is 0.280. The summed E-state index contributed by atoms with van der Waals surface area (Å²) in [4.78, 5) is 17.7. The molecule has 0 N–H and O–H groups in total. The van der Waals surface area contributed by atoms with Gasteiger partial charge in [-0.15, -0.1) is 0 Å². The summed E-state index contributed by atoms with van der Waals surface area (Å²) < 4.78 is 0. The van der Waals surface area contributed by atoms with Crippen LogP contribution in [0.2, 0.25) is 0 Å². The van der Waals surface area contributed by atoms with Gasteiger partial charge in [-0.25, -0.2) is 0 Å². The van der Waals surface area contributed by atoms with Crippen LogP contribution in [0.15, 0.2) is 180 Å². The molecule has 2 aliphatic carbocycles. The van der Waals surface area contributed by atoms with Gasteiger partial charge in [-0.2, -0.15) is 21.9 Å². The van der Waals surface area contributed by atoms with Crippen molar-refractivity contribution in [1.29, 1.82) is 0 Å². The second-order valence-electron chi connectivity index (χ2n) is 14.9. The third-order valence-corrected chi connectivity index (χ3v) is 11.1. The van der Waals surface area contributed by atoms with Gasteiger partial charge in [-0.1, -0.05) is 185 Å². The topological polar surface area (TPSA) is 50.5 Å². The average Bonchev–Trinajstić information content (AvgIpc) is 3.71. The van der Waals surface area contributed by atoms with Gasteiger partial charge in [-0.05, 0) is 49.9 Å². The number of hydrogen-bond donors (Lipinski definition) is 0. The molecule has 2 heterocycles. The van der Waals surface area contributed by atoms with E-state index in [1.54, 1.807) is 0 Å². The molecule has 0 amide bonds. The van der Waals surface area contributed by atoms with Crippen molar-refractivity contribution in [3.05, 3.63) is 182 Å². The van der Waals surface area contributed by atoms with Gasteiger partial charge >= 0.3 is 22.4 Å². The largest absolute Gasteiger partial charge is 1.00 e. The minimum Gasteiger partial charge on any atom is -0.288 e. The Bertz CT molecular complexity index is 1720. The van der Waals surface area contributed by atoms with Gasteiger partial charge < -0.3 is 0 Å². The zero-order chi connectivity index (χ0) is 37.6. The van der Waals surface area contributed by atoms with Crippen molar-refractivity contribution in [2.24, 2.45) is 9.98 Å². The van der Waals surface area contributed by atoms with Gasteiger partial charge in [-0.3, -0.25) is 20.0 Å². The minimum absolute atomic E-state index is 0. The molecule has 2 aromatic heterocycles. The summed E-state index contributed by atoms with van der Waals surface area (Å²) in [5.74, 6) is 0. The van der Waals surface area contributed by atoms with E-state index in [4.69, 9.17) is 0 Å². The van der Waals surface area contributed by atoms with Crippen LogP contribution in [0, 0.1) is 0 Å². The van der Waals surface area contributed by atoms with E-state index < -0.39 is 6.15 Å². The molecule has 4 nitrogen and oxygen atoms in total. The van der Waals surface area contributed by atoms with E-state index in [2.05, 4.69) is 141 Å². The Kier molecular flexibility index (Phi) is 18.3. The Balaban J connectivity index is 0.000000168. The number of nitrogens with zero attached hydrogens (tertiary/aromatic N) is 4. The summed E-state index contributed by atoms with van der Waals surface area (Å²) >= 11 is 0. The monoisotopic (exact) mass is 830 g/mol. The van der Waals surface area contributed by atoms with Gasteiger partial charge in [0.25, 0.3) is 0 Å². The number of rotatable bonds is 8. The van der Waals surface area contributed by atoms with E-state index in [1.807, 2.05) is 61.2 Å². The van der Waals surface area contributed by atoms with Crippen LogP contribution < -0.4 is 21.9 Å². The van der Waals surface area contributed by atoms with E-state index >= 15 is 0 Å². The summed E-state index contributed by atoms with van der Waals surface area (Å²) in [6.45, 7) is 0. The summed E-state index contributed by atoms with van der Waals surface area (Å²) in [5, 5.41) is 0. The molecule has 6 aromatic rings. The van der Waals surface area contributed by atoms with Gasteiger partial charge in [0.05, 0.1) is 23.5 Å². The molecule has 290 valence electrons. The summed E-state index contributed by atoms with van der Waals surface area (Å²) in [7, 11) is 0. The average molecular weight is 832 g/mol. The second-order valence-corrected chi connectivity index (χ2v) is 14.9. The molecule has 56 heavy (non-hydrogen) atoms. The van der Waals surface area contributed by atoms with Crippen LogP contribution in [0.4, 0.5) is 0 Å². The van der Waals surface area contributed by atoms with E-state index in [-0.39, 0.29) is 22.4 Å². The quantitative estimate of drug-likeness (QED) is 0.0873. The molecular formula is C50H56AgBN4. The minimum atomic E-state index is -1.22. The molecule has 0 unspecified atom stereocenters. The van der Waals surface area contributed by atoms with E-state index in [9.17, 15) is 0 Å². The molecule has 4 aromatic carbocycles. The molecule has 2 saturated carbocycles. The first-order chi connectivity index (χ1) is 27.3. The van der Waals surface area contributed by atoms with Crippen LogP contribution in [0.3, 0.4) is 0 Å². The van der Waals surface area contributed by atoms with Gasteiger partial charge in [0, 0.05) is 24.8 Å². The van der Waals surface area contributed by atoms with Gasteiger partial charge in [0.15, 0.2) is 0 Å². The Labute approximate surface area is 351 Å². The first-order valence-electron chi connectivity index (χ1n) is 20.6. The molecule has 6 heteroatoms. The van der Waals surface area contributed by atoms with E-state index in [0.29, 0.717) is 12.1 Å². The fourth-order valence-electron chi connectivity index (χ4n) is 8.20. The summed E-state index contributed by atoms with van der Waals surface area (Å²) in [6, 6.07) is 56.5. The van der Waals surface area contributed by atoms with E-state index in [1.165, 1.54) is 98.9 Å². The molecule has 8 rings (SSSR count). The molecule has 0 bridgehead atoms. The zero-order valence-electron chi connectivity index (χ0n) is 32.6. The Morgan fingerprint density at radius 1 is 0.375 bits per heavy atom. The predicted molar refractivity (Wildman–Crippen MR) is 237 cm³/mol. The Morgan fingerprint density at radius 3 is 0.929 bits per heavy atom. The van der Waals surface area contributed by atoms with Crippen molar-refractivity contribution < 1.29 is 22.4 Å². The van der Waals surface area contributed by atoms with Crippen LogP contribution in [0.1, 0.15) is 88.4 Å². The van der Waals surface area contributed by atoms with Crippen LogP contribution in [-0.4, -0.2) is 40.6 Å². The normalized spacial score (nSPS) is 15.3. The fourth-order valence-corrected chi connectivity index (χ4v) is 8.20. The second kappa shape index (κ2) is 24.1. The smallest absolute Gasteiger partial charge is 0.288 e. The summed E-state index contributed by atoms with van der Waals surface area (Å²) in [5.41, 5.74) is 7.30. The maximum Gasteiger partial charge on any atom is 1.00 e. The molecule has 2 fully saturated rings. The SMILES string of the molecule is C(=NC1CCCCCC1)c1ccccn1.C(=NC1CCCCCC1)c1ccccn1.[Ag+].c1ccc([B-](c2ccccc2)(c2ccccc2)c2ccccc2)cc1. The van der Waals surface area contributed by atoms with Crippen molar-refractivity contribution in [3.8, 4) is 0 Å². The molecule has 0 atom stereocenters. The standard InChI is InChI=1S/C24H20B.2C13H18N2.Ag/c1-5-13-21(14-6-1)25(22-15-7-2-8-16-22,23-17-9-3-10-18-23)24-19-11-4-12-20-24;2*1-2-4-8-12(7-3-1)15-11-13-9-5-6-10-14-13;/h1-20H;2*5-6,9-12H,1-4,7-8H2;/q-1;;;+1. The van der Waals surface area contributed by atoms with Crippen molar-refractivity contribution in [2.45, 2.75) is 89.1 Å². The van der Waals surface area contributed by atoms with E-state index in [0.717, 1.165) is 11.4 Å². The van der Waals surface area contributed by atoms with Gasteiger partial charge in [0.1, 0.15) is 6.15 Å². The molecular weight excluding hydrogens is 775 g/mol. The first kappa shape index (κ1) is 42.5. The number of aliphatic imine (C=N–C) groups is 2. The van der Waals surface area contributed by atoms with Crippen molar-refractivity contribution in [2.75, 3.05) is 0 Å². The van der Waals surface area contributed by atoms with Crippen LogP contribution >= 0.6 is 0 Å². The molecule has 0 spiro atoms.